The summed E-state index contributed by atoms with van der Waals surface area (Å²) >= 11 is 1.29. The van der Waals surface area contributed by atoms with Crippen molar-refractivity contribution in [2.24, 2.45) is 0 Å². The van der Waals surface area contributed by atoms with Gasteiger partial charge >= 0.3 is 6.03 Å². The molecule has 1 fully saturated rings. The third-order valence-electron chi connectivity index (χ3n) is 3.76. The van der Waals surface area contributed by atoms with Crippen LogP contribution in [0.2, 0.25) is 0 Å². The number of carbonyl (C=O) groups excluding carboxylic acids is 1. The van der Waals surface area contributed by atoms with Crippen molar-refractivity contribution in [2.45, 2.75) is 13.0 Å². The molecule has 2 aromatic heterocycles. The van der Waals surface area contributed by atoms with Gasteiger partial charge in [0.15, 0.2) is 0 Å². The van der Waals surface area contributed by atoms with Crippen molar-refractivity contribution in [1.82, 2.24) is 25.4 Å². The largest absolute Gasteiger partial charge is 0.374 e. The molecule has 0 radical (unpaired) electrons. The van der Waals surface area contributed by atoms with Crippen molar-refractivity contribution in [2.75, 3.05) is 36.8 Å². The number of nitrogens with two attached hydrogens (primary N) is 1. The SMILES string of the molecule is C[C@@H](NC(=O)N1CCN(c2ccncc2)CC1)c1nnc(N)s1. The van der Waals surface area contributed by atoms with E-state index in [2.05, 4.69) is 25.4 Å². The lowest BCUT2D eigenvalue weighted by atomic mass is 10.2. The van der Waals surface area contributed by atoms with Gasteiger partial charge in [0.25, 0.3) is 0 Å². The van der Waals surface area contributed by atoms with Gasteiger partial charge in [-0.15, -0.1) is 10.2 Å². The van der Waals surface area contributed by atoms with Crippen LogP contribution in [-0.2, 0) is 0 Å². The lowest BCUT2D eigenvalue weighted by Gasteiger charge is -2.36. The summed E-state index contributed by atoms with van der Waals surface area (Å²) in [5, 5.41) is 11.8. The molecule has 0 bridgehead atoms. The maximum absolute atomic E-state index is 12.3. The summed E-state index contributed by atoms with van der Waals surface area (Å²) < 4.78 is 0. The van der Waals surface area contributed by atoms with Gasteiger partial charge < -0.3 is 20.9 Å². The molecule has 2 amide bonds. The fourth-order valence-electron chi connectivity index (χ4n) is 2.48. The minimum atomic E-state index is -0.199. The number of carbonyl (C=O) groups is 1. The zero-order chi connectivity index (χ0) is 16.2. The van der Waals surface area contributed by atoms with E-state index in [9.17, 15) is 4.79 Å². The number of nitrogen functional groups attached to an aromatic ring is 1. The highest BCUT2D eigenvalue weighted by Crippen LogP contribution is 2.19. The highest BCUT2D eigenvalue weighted by atomic mass is 32.1. The molecule has 1 aliphatic heterocycles. The Morgan fingerprint density at radius 1 is 1.26 bits per heavy atom. The van der Waals surface area contributed by atoms with Gasteiger partial charge in [-0.3, -0.25) is 4.98 Å². The Balaban J connectivity index is 1.52. The molecule has 1 aliphatic rings. The van der Waals surface area contributed by atoms with Gasteiger partial charge in [0.2, 0.25) is 5.13 Å². The van der Waals surface area contributed by atoms with E-state index >= 15 is 0 Å². The summed E-state index contributed by atoms with van der Waals surface area (Å²) in [6.45, 7) is 4.85. The fraction of sp³-hybridized carbons (Fsp3) is 0.429. The number of nitrogens with one attached hydrogen (secondary N) is 1. The third-order valence-corrected chi connectivity index (χ3v) is 4.70. The van der Waals surface area contributed by atoms with Crippen LogP contribution in [0.25, 0.3) is 0 Å². The number of hydrogen-bond acceptors (Lipinski definition) is 7. The Morgan fingerprint density at radius 2 is 1.96 bits per heavy atom. The zero-order valence-corrected chi connectivity index (χ0v) is 13.7. The highest BCUT2D eigenvalue weighted by molar-refractivity contribution is 7.15. The number of piperazine rings is 1. The van der Waals surface area contributed by atoms with Gasteiger partial charge in [0.05, 0.1) is 6.04 Å². The molecule has 3 heterocycles. The highest BCUT2D eigenvalue weighted by Gasteiger charge is 2.23. The lowest BCUT2D eigenvalue weighted by molar-refractivity contribution is 0.191. The summed E-state index contributed by atoms with van der Waals surface area (Å²) in [6.07, 6.45) is 3.56. The van der Waals surface area contributed by atoms with E-state index in [1.54, 1.807) is 12.4 Å². The minimum Gasteiger partial charge on any atom is -0.374 e. The predicted octanol–water partition coefficient (Wildman–Crippen LogP) is 1.11. The summed E-state index contributed by atoms with van der Waals surface area (Å²) in [7, 11) is 0. The van der Waals surface area contributed by atoms with Gasteiger partial charge in [-0.2, -0.15) is 0 Å². The summed E-state index contributed by atoms with van der Waals surface area (Å²) in [5.41, 5.74) is 6.71. The molecule has 0 saturated carbocycles. The normalized spacial score (nSPS) is 16.2. The van der Waals surface area contributed by atoms with Crippen molar-refractivity contribution in [3.05, 3.63) is 29.5 Å². The summed E-state index contributed by atoms with van der Waals surface area (Å²) in [6, 6.07) is 3.69. The standard InChI is InChI=1S/C14H19N7OS/c1-10(12-18-19-13(15)23-12)17-14(22)21-8-6-20(7-9-21)11-2-4-16-5-3-11/h2-5,10H,6-9H2,1H3,(H2,15,19)(H,17,22)/t10-/m1/s1. The Kier molecular flexibility index (Phi) is 4.56. The molecule has 2 aromatic rings. The van der Waals surface area contributed by atoms with Crippen LogP contribution in [0.3, 0.4) is 0 Å². The second-order valence-electron chi connectivity index (χ2n) is 5.33. The first-order valence-electron chi connectivity index (χ1n) is 7.43. The molecule has 3 N–H and O–H groups in total. The van der Waals surface area contributed by atoms with E-state index < -0.39 is 0 Å². The fourth-order valence-corrected chi connectivity index (χ4v) is 3.10. The van der Waals surface area contributed by atoms with Crippen LogP contribution in [-0.4, -0.2) is 52.3 Å². The van der Waals surface area contributed by atoms with E-state index in [0.717, 1.165) is 18.8 Å². The second-order valence-corrected chi connectivity index (χ2v) is 6.37. The van der Waals surface area contributed by atoms with E-state index in [1.165, 1.54) is 11.3 Å². The Hall–Kier alpha value is -2.42. The van der Waals surface area contributed by atoms with E-state index in [0.29, 0.717) is 23.2 Å². The average Bonchev–Trinajstić information content (AvgIpc) is 3.02. The van der Waals surface area contributed by atoms with Gasteiger partial charge in [0.1, 0.15) is 5.01 Å². The number of anilines is 2. The quantitative estimate of drug-likeness (QED) is 0.873. The molecular formula is C14H19N7OS. The smallest absolute Gasteiger partial charge is 0.318 e. The molecule has 9 heteroatoms. The predicted molar refractivity (Wildman–Crippen MR) is 89.3 cm³/mol. The van der Waals surface area contributed by atoms with Gasteiger partial charge in [-0.25, -0.2) is 4.79 Å². The first-order chi connectivity index (χ1) is 11.1. The number of aromatic nitrogens is 3. The average molecular weight is 333 g/mol. The molecule has 0 spiro atoms. The Labute approximate surface area is 138 Å². The monoisotopic (exact) mass is 333 g/mol. The van der Waals surface area contributed by atoms with Crippen LogP contribution in [0, 0.1) is 0 Å². The molecule has 0 aliphatic carbocycles. The summed E-state index contributed by atoms with van der Waals surface area (Å²) in [5.74, 6) is 0. The van der Waals surface area contributed by atoms with Gasteiger partial charge in [-0.1, -0.05) is 11.3 Å². The molecule has 23 heavy (non-hydrogen) atoms. The van der Waals surface area contributed by atoms with Crippen LogP contribution >= 0.6 is 11.3 Å². The third kappa shape index (κ3) is 3.67. The van der Waals surface area contributed by atoms with Crippen LogP contribution < -0.4 is 16.0 Å². The zero-order valence-electron chi connectivity index (χ0n) is 12.8. The number of urea groups is 1. The maximum Gasteiger partial charge on any atom is 0.318 e. The van der Waals surface area contributed by atoms with E-state index in [-0.39, 0.29) is 12.1 Å². The molecule has 8 nitrogen and oxygen atoms in total. The molecule has 3 rings (SSSR count). The number of amides is 2. The van der Waals surface area contributed by atoms with Crippen molar-refractivity contribution < 1.29 is 4.79 Å². The van der Waals surface area contributed by atoms with Crippen LogP contribution in [0.15, 0.2) is 24.5 Å². The van der Waals surface area contributed by atoms with Crippen molar-refractivity contribution in [3.8, 4) is 0 Å². The number of hydrogen-bond donors (Lipinski definition) is 2. The molecule has 122 valence electrons. The van der Waals surface area contributed by atoms with E-state index in [1.807, 2.05) is 24.0 Å². The van der Waals surface area contributed by atoms with Gasteiger partial charge in [-0.05, 0) is 19.1 Å². The van der Waals surface area contributed by atoms with Crippen LogP contribution in [0.4, 0.5) is 15.6 Å². The van der Waals surface area contributed by atoms with Crippen LogP contribution in [0.1, 0.15) is 18.0 Å². The maximum atomic E-state index is 12.3. The molecule has 1 saturated heterocycles. The van der Waals surface area contributed by atoms with Crippen molar-refractivity contribution in [3.63, 3.8) is 0 Å². The first kappa shape index (κ1) is 15.5. The first-order valence-corrected chi connectivity index (χ1v) is 8.24. The molecular weight excluding hydrogens is 314 g/mol. The minimum absolute atomic E-state index is 0.0827. The van der Waals surface area contributed by atoms with Gasteiger partial charge in [0, 0.05) is 44.3 Å². The van der Waals surface area contributed by atoms with Crippen LogP contribution in [0.5, 0.6) is 0 Å². The topological polar surface area (TPSA) is 100 Å². The second kappa shape index (κ2) is 6.78. The number of pyridine rings is 1. The Morgan fingerprint density at radius 3 is 2.57 bits per heavy atom. The molecule has 0 aromatic carbocycles. The number of nitrogens with zero attached hydrogens (tertiary/aromatic N) is 5. The molecule has 1 atom stereocenters. The Bertz CT molecular complexity index is 654. The number of rotatable bonds is 3. The van der Waals surface area contributed by atoms with Crippen molar-refractivity contribution >= 4 is 28.2 Å². The van der Waals surface area contributed by atoms with E-state index in [4.69, 9.17) is 5.73 Å². The lowest BCUT2D eigenvalue weighted by Crippen LogP contribution is -2.52. The van der Waals surface area contributed by atoms with Crippen molar-refractivity contribution in [1.29, 1.82) is 0 Å². The summed E-state index contributed by atoms with van der Waals surface area (Å²) in [4.78, 5) is 20.4. The molecule has 0 unspecified atom stereocenters.